The number of carbonyl (C=O) groups excluding carboxylic acids is 1. The molecule has 0 aliphatic rings. The van der Waals surface area contributed by atoms with Gasteiger partial charge < -0.3 is 9.88 Å². The summed E-state index contributed by atoms with van der Waals surface area (Å²) in [5.41, 5.74) is 5.10. The summed E-state index contributed by atoms with van der Waals surface area (Å²) in [5.74, 6) is 0.691. The Kier molecular flexibility index (Phi) is 7.48. The summed E-state index contributed by atoms with van der Waals surface area (Å²) in [6.45, 7) is 3.64. The molecule has 0 radical (unpaired) electrons. The average Bonchev–Trinajstić information content (AvgIpc) is 3.30. The van der Waals surface area contributed by atoms with E-state index >= 15 is 0 Å². The topological polar surface area (TPSA) is 46.9 Å². The minimum absolute atomic E-state index is 0.0480. The van der Waals surface area contributed by atoms with Crippen molar-refractivity contribution >= 4 is 28.4 Å². The summed E-state index contributed by atoms with van der Waals surface area (Å²) in [5, 5.41) is 6.26. The van der Waals surface area contributed by atoms with Crippen molar-refractivity contribution in [2.75, 3.05) is 12.3 Å². The Morgan fingerprint density at radius 3 is 2.22 bits per heavy atom. The number of benzene rings is 4. The second-order valence-corrected chi connectivity index (χ2v) is 9.70. The van der Waals surface area contributed by atoms with Crippen LogP contribution in [0.15, 0.2) is 108 Å². The molecule has 0 unspecified atom stereocenters. The lowest BCUT2D eigenvalue weighted by molar-refractivity contribution is 0.0956. The molecule has 180 valence electrons. The molecule has 5 aromatic rings. The summed E-state index contributed by atoms with van der Waals surface area (Å²) in [6.07, 6.45) is 1.01. The van der Waals surface area contributed by atoms with Gasteiger partial charge in [-0.05, 0) is 29.3 Å². The standard InChI is InChI=1S/C31H29N3OS/c1-2-20-34-29(25-14-7-4-8-15-25)28(24-12-5-3-6-13-24)33-31(34)36-21-19-32-30(35)27-18-17-23-11-9-10-16-26(23)22-27/h3-18,22H,2,19-21H2,1H3,(H,32,35). The van der Waals surface area contributed by atoms with Crippen molar-refractivity contribution in [2.24, 2.45) is 0 Å². The quantitative estimate of drug-likeness (QED) is 0.174. The highest BCUT2D eigenvalue weighted by Crippen LogP contribution is 2.36. The fourth-order valence-electron chi connectivity index (χ4n) is 4.40. The van der Waals surface area contributed by atoms with Gasteiger partial charge in [-0.15, -0.1) is 0 Å². The zero-order valence-corrected chi connectivity index (χ0v) is 21.2. The second kappa shape index (κ2) is 11.3. The molecule has 1 amide bonds. The molecule has 0 atom stereocenters. The van der Waals surface area contributed by atoms with E-state index in [1.807, 2.05) is 48.5 Å². The van der Waals surface area contributed by atoms with E-state index in [0.717, 1.165) is 57.2 Å². The Labute approximate surface area is 216 Å². The molecule has 5 rings (SSSR count). The maximum atomic E-state index is 12.8. The van der Waals surface area contributed by atoms with Crippen molar-refractivity contribution < 1.29 is 4.79 Å². The van der Waals surface area contributed by atoms with Gasteiger partial charge in [0.15, 0.2) is 5.16 Å². The Bertz CT molecular complexity index is 1460. The fourth-order valence-corrected chi connectivity index (χ4v) is 5.28. The predicted octanol–water partition coefficient (Wildman–Crippen LogP) is 7.30. The van der Waals surface area contributed by atoms with E-state index in [0.29, 0.717) is 12.1 Å². The van der Waals surface area contributed by atoms with Crippen molar-refractivity contribution in [3.63, 3.8) is 0 Å². The molecule has 4 nitrogen and oxygen atoms in total. The Balaban J connectivity index is 1.34. The van der Waals surface area contributed by atoms with Crippen molar-refractivity contribution in [3.05, 3.63) is 109 Å². The number of imidazole rings is 1. The van der Waals surface area contributed by atoms with Crippen molar-refractivity contribution in [1.82, 2.24) is 14.9 Å². The highest BCUT2D eigenvalue weighted by atomic mass is 32.2. The minimum atomic E-state index is -0.0480. The predicted molar refractivity (Wildman–Crippen MR) is 150 cm³/mol. The smallest absolute Gasteiger partial charge is 0.251 e. The molecule has 1 heterocycles. The number of hydrogen-bond acceptors (Lipinski definition) is 3. The molecule has 5 heteroatoms. The molecule has 0 aliphatic heterocycles. The zero-order chi connectivity index (χ0) is 24.7. The third-order valence-corrected chi connectivity index (χ3v) is 7.08. The van der Waals surface area contributed by atoms with Crippen LogP contribution in [0, 0.1) is 0 Å². The van der Waals surface area contributed by atoms with Crippen LogP contribution in [0.4, 0.5) is 0 Å². The van der Waals surface area contributed by atoms with Crippen molar-refractivity contribution in [3.8, 4) is 22.5 Å². The first-order valence-electron chi connectivity index (χ1n) is 12.4. The Morgan fingerprint density at radius 1 is 0.833 bits per heavy atom. The van der Waals surface area contributed by atoms with E-state index < -0.39 is 0 Å². The van der Waals surface area contributed by atoms with Crippen LogP contribution in [-0.2, 0) is 6.54 Å². The van der Waals surface area contributed by atoms with E-state index in [-0.39, 0.29) is 5.91 Å². The normalized spacial score (nSPS) is 11.0. The molecular weight excluding hydrogens is 462 g/mol. The molecule has 0 spiro atoms. The van der Waals surface area contributed by atoms with Gasteiger partial charge in [0, 0.05) is 35.5 Å². The first-order chi connectivity index (χ1) is 17.7. The number of aromatic nitrogens is 2. The average molecular weight is 492 g/mol. The summed E-state index contributed by atoms with van der Waals surface area (Å²) in [6, 6.07) is 34.8. The SMILES string of the molecule is CCCn1c(SCCNC(=O)c2ccc3ccccc3c2)nc(-c2ccccc2)c1-c1ccccc1. The van der Waals surface area contributed by atoms with Gasteiger partial charge in [0.2, 0.25) is 0 Å². The van der Waals surface area contributed by atoms with Gasteiger partial charge in [-0.2, -0.15) is 0 Å². The maximum Gasteiger partial charge on any atom is 0.251 e. The maximum absolute atomic E-state index is 12.8. The number of nitrogens with zero attached hydrogens (tertiary/aromatic N) is 2. The van der Waals surface area contributed by atoms with Crippen LogP contribution < -0.4 is 5.32 Å². The van der Waals surface area contributed by atoms with Crippen LogP contribution in [0.1, 0.15) is 23.7 Å². The highest BCUT2D eigenvalue weighted by molar-refractivity contribution is 7.99. The third kappa shape index (κ3) is 5.21. The van der Waals surface area contributed by atoms with Crippen molar-refractivity contribution in [2.45, 2.75) is 25.0 Å². The van der Waals surface area contributed by atoms with E-state index in [2.05, 4.69) is 71.4 Å². The molecule has 0 saturated heterocycles. The number of fused-ring (bicyclic) bond motifs is 1. The van der Waals surface area contributed by atoms with Crippen LogP contribution in [0.2, 0.25) is 0 Å². The first-order valence-corrected chi connectivity index (χ1v) is 13.3. The molecule has 0 saturated carbocycles. The highest BCUT2D eigenvalue weighted by Gasteiger charge is 2.20. The molecule has 1 aromatic heterocycles. The van der Waals surface area contributed by atoms with E-state index in [1.165, 1.54) is 0 Å². The number of nitrogens with one attached hydrogen (secondary N) is 1. The Hall–Kier alpha value is -3.83. The first kappa shape index (κ1) is 23.9. The lowest BCUT2D eigenvalue weighted by Gasteiger charge is -2.12. The molecular formula is C31H29N3OS. The Morgan fingerprint density at radius 2 is 1.50 bits per heavy atom. The van der Waals surface area contributed by atoms with Gasteiger partial charge in [0.1, 0.15) is 0 Å². The van der Waals surface area contributed by atoms with Gasteiger partial charge in [-0.1, -0.05) is 110 Å². The summed E-state index contributed by atoms with van der Waals surface area (Å²) < 4.78 is 2.33. The van der Waals surface area contributed by atoms with Gasteiger partial charge >= 0.3 is 0 Å². The van der Waals surface area contributed by atoms with Gasteiger partial charge in [-0.3, -0.25) is 4.79 Å². The molecule has 0 bridgehead atoms. The summed E-state index contributed by atoms with van der Waals surface area (Å²) in [4.78, 5) is 17.9. The van der Waals surface area contributed by atoms with Gasteiger partial charge in [0.05, 0.1) is 11.4 Å². The zero-order valence-electron chi connectivity index (χ0n) is 20.4. The minimum Gasteiger partial charge on any atom is -0.351 e. The summed E-state index contributed by atoms with van der Waals surface area (Å²) in [7, 11) is 0. The molecule has 4 aromatic carbocycles. The van der Waals surface area contributed by atoms with Crippen molar-refractivity contribution in [1.29, 1.82) is 0 Å². The number of rotatable bonds is 9. The number of amides is 1. The van der Waals surface area contributed by atoms with Gasteiger partial charge in [0.25, 0.3) is 5.91 Å². The fraction of sp³-hybridized carbons (Fsp3) is 0.161. The number of thioether (sulfide) groups is 1. The molecule has 0 fully saturated rings. The molecule has 1 N–H and O–H groups in total. The van der Waals surface area contributed by atoms with E-state index in [4.69, 9.17) is 4.98 Å². The van der Waals surface area contributed by atoms with Gasteiger partial charge in [-0.25, -0.2) is 4.98 Å². The van der Waals surface area contributed by atoms with E-state index in [1.54, 1.807) is 11.8 Å². The molecule has 0 aliphatic carbocycles. The lowest BCUT2D eigenvalue weighted by Crippen LogP contribution is -2.25. The monoisotopic (exact) mass is 491 g/mol. The number of carbonyl (C=O) groups is 1. The van der Waals surface area contributed by atoms with Crippen LogP contribution in [0.5, 0.6) is 0 Å². The second-order valence-electron chi connectivity index (χ2n) is 8.64. The van der Waals surface area contributed by atoms with E-state index in [9.17, 15) is 4.79 Å². The number of hydrogen-bond donors (Lipinski definition) is 1. The van der Waals surface area contributed by atoms with Crippen LogP contribution >= 0.6 is 11.8 Å². The van der Waals surface area contributed by atoms with Crippen LogP contribution in [0.3, 0.4) is 0 Å². The lowest BCUT2D eigenvalue weighted by atomic mass is 10.0. The largest absolute Gasteiger partial charge is 0.351 e. The van der Waals surface area contributed by atoms with Crippen LogP contribution in [-0.4, -0.2) is 27.8 Å². The summed E-state index contributed by atoms with van der Waals surface area (Å²) >= 11 is 1.69. The molecule has 36 heavy (non-hydrogen) atoms. The van der Waals surface area contributed by atoms with Crippen LogP contribution in [0.25, 0.3) is 33.3 Å². The third-order valence-electron chi connectivity index (χ3n) is 6.10.